The second-order valence-electron chi connectivity index (χ2n) is 2.87. The molecule has 1 aromatic heterocycles. The Morgan fingerprint density at radius 2 is 1.38 bits per heavy atom. The van der Waals surface area contributed by atoms with Gasteiger partial charge < -0.3 is 11.5 Å². The van der Waals surface area contributed by atoms with Gasteiger partial charge >= 0.3 is 0 Å². The van der Waals surface area contributed by atoms with Gasteiger partial charge in [-0.05, 0) is 10.3 Å². The predicted octanol–water partition coefficient (Wildman–Crippen LogP) is -3.21. The van der Waals surface area contributed by atoms with Crippen LogP contribution in [-0.2, 0) is 9.59 Å². The molecular formula is C6H8N4O3+2. The van der Waals surface area contributed by atoms with E-state index in [1.54, 1.807) is 0 Å². The Bertz CT molecular complexity index is 350. The number of quaternary nitrogens is 2. The van der Waals surface area contributed by atoms with Crippen LogP contribution in [0.1, 0.15) is 23.5 Å². The summed E-state index contributed by atoms with van der Waals surface area (Å²) in [6.07, 6.45) is 0. The van der Waals surface area contributed by atoms with E-state index in [1.807, 2.05) is 0 Å². The van der Waals surface area contributed by atoms with Gasteiger partial charge in [0.05, 0.1) is 0 Å². The van der Waals surface area contributed by atoms with E-state index in [2.05, 4.69) is 26.4 Å². The summed E-state index contributed by atoms with van der Waals surface area (Å²) >= 11 is 0. The lowest BCUT2D eigenvalue weighted by atomic mass is 9.91. The minimum absolute atomic E-state index is 0.324. The van der Waals surface area contributed by atoms with Crippen molar-refractivity contribution in [3.63, 3.8) is 0 Å². The smallest absolute Gasteiger partial charge is 0.268 e. The Labute approximate surface area is 72.0 Å². The number of rotatable bonds is 0. The molecule has 2 atom stereocenters. The molecule has 1 aliphatic rings. The zero-order chi connectivity index (χ0) is 9.59. The van der Waals surface area contributed by atoms with E-state index in [-0.39, 0.29) is 0 Å². The molecule has 0 aliphatic heterocycles. The number of hydrogen-bond acceptors (Lipinski definition) is 5. The lowest BCUT2D eigenvalue weighted by Gasteiger charge is -2.12. The van der Waals surface area contributed by atoms with Crippen molar-refractivity contribution in [3.8, 4) is 0 Å². The van der Waals surface area contributed by atoms with Gasteiger partial charge in [-0.15, -0.1) is 0 Å². The Kier molecular flexibility index (Phi) is 1.51. The standard InChI is InChI=1S/C6H6N4O3/c7-1-3-4(10-13-9-3)2(8)6(12)5(1)11/h1-2H,7-8H2/p+2/t1-,2-/m0/s1. The van der Waals surface area contributed by atoms with Gasteiger partial charge in [0.2, 0.25) is 0 Å². The van der Waals surface area contributed by atoms with Gasteiger partial charge in [-0.1, -0.05) is 0 Å². The molecule has 2 rings (SSSR count). The summed E-state index contributed by atoms with van der Waals surface area (Å²) in [5, 5.41) is 7.02. The van der Waals surface area contributed by atoms with Gasteiger partial charge in [-0.2, -0.15) is 0 Å². The van der Waals surface area contributed by atoms with Crippen LogP contribution in [0.2, 0.25) is 0 Å². The van der Waals surface area contributed by atoms with Crippen LogP contribution in [0.4, 0.5) is 0 Å². The average Bonchev–Trinajstić information content (AvgIpc) is 2.59. The SMILES string of the molecule is [NH3+][C@@H]1C(=O)C(=O)[C@@H]([NH3+])c2nonc21. The van der Waals surface area contributed by atoms with E-state index in [0.29, 0.717) is 11.4 Å². The first-order valence-corrected chi connectivity index (χ1v) is 3.69. The van der Waals surface area contributed by atoms with Gasteiger partial charge in [0, 0.05) is 0 Å². The minimum Gasteiger partial charge on any atom is -0.343 e. The highest BCUT2D eigenvalue weighted by atomic mass is 16.6. The Morgan fingerprint density at radius 3 is 1.77 bits per heavy atom. The highest BCUT2D eigenvalue weighted by molar-refractivity contribution is 6.41. The highest BCUT2D eigenvalue weighted by Gasteiger charge is 2.46. The fourth-order valence-corrected chi connectivity index (χ4v) is 1.28. The zero-order valence-electron chi connectivity index (χ0n) is 6.69. The summed E-state index contributed by atoms with van der Waals surface area (Å²) in [6.45, 7) is 0. The fourth-order valence-electron chi connectivity index (χ4n) is 1.28. The van der Waals surface area contributed by atoms with E-state index in [0.717, 1.165) is 0 Å². The van der Waals surface area contributed by atoms with Crippen molar-refractivity contribution in [1.82, 2.24) is 10.3 Å². The largest absolute Gasteiger partial charge is 0.343 e. The van der Waals surface area contributed by atoms with Gasteiger partial charge in [-0.3, -0.25) is 9.59 Å². The van der Waals surface area contributed by atoms with Gasteiger partial charge in [0.15, 0.2) is 23.5 Å². The maximum Gasteiger partial charge on any atom is 0.268 e. The summed E-state index contributed by atoms with van der Waals surface area (Å²) in [4.78, 5) is 22.5. The monoisotopic (exact) mass is 184 g/mol. The summed E-state index contributed by atoms with van der Waals surface area (Å²) < 4.78 is 4.42. The first-order chi connectivity index (χ1) is 6.13. The first kappa shape index (κ1) is 8.02. The second kappa shape index (κ2) is 2.44. The molecule has 0 fully saturated rings. The Hall–Kier alpha value is -1.60. The van der Waals surface area contributed by atoms with Crippen molar-refractivity contribution in [1.29, 1.82) is 0 Å². The molecule has 0 amide bonds. The maximum absolute atomic E-state index is 11.2. The van der Waals surface area contributed by atoms with E-state index >= 15 is 0 Å². The summed E-state index contributed by atoms with van der Waals surface area (Å²) in [5.74, 6) is -1.16. The predicted molar refractivity (Wildman–Crippen MR) is 35.6 cm³/mol. The number of ketones is 2. The molecule has 0 saturated carbocycles. The molecule has 1 aromatic rings. The molecule has 7 nitrogen and oxygen atoms in total. The third kappa shape index (κ3) is 0.910. The van der Waals surface area contributed by atoms with Crippen LogP contribution >= 0.6 is 0 Å². The van der Waals surface area contributed by atoms with Crippen molar-refractivity contribution in [2.75, 3.05) is 0 Å². The summed E-state index contributed by atoms with van der Waals surface area (Å²) in [6, 6.07) is -1.60. The molecule has 7 heteroatoms. The highest BCUT2D eigenvalue weighted by Crippen LogP contribution is 2.23. The maximum atomic E-state index is 11.2. The van der Waals surface area contributed by atoms with Crippen molar-refractivity contribution in [3.05, 3.63) is 11.4 Å². The Balaban J connectivity index is 2.59. The number of aromatic nitrogens is 2. The van der Waals surface area contributed by atoms with Crippen LogP contribution in [0, 0.1) is 0 Å². The number of fused-ring (bicyclic) bond motifs is 1. The fraction of sp³-hybridized carbons (Fsp3) is 0.333. The van der Waals surface area contributed by atoms with Crippen LogP contribution in [0.5, 0.6) is 0 Å². The molecule has 0 saturated heterocycles. The number of carbonyl (C=O) groups excluding carboxylic acids is 2. The van der Waals surface area contributed by atoms with Gasteiger partial charge in [0.1, 0.15) is 0 Å². The topological polar surface area (TPSA) is 128 Å². The quantitative estimate of drug-likeness (QED) is 0.410. The van der Waals surface area contributed by atoms with Crippen molar-refractivity contribution in [2.45, 2.75) is 12.1 Å². The lowest BCUT2D eigenvalue weighted by Crippen LogP contribution is -2.68. The van der Waals surface area contributed by atoms with Crippen LogP contribution in [0.15, 0.2) is 4.63 Å². The third-order valence-corrected chi connectivity index (χ3v) is 2.08. The molecule has 0 aromatic carbocycles. The molecule has 0 radical (unpaired) electrons. The van der Waals surface area contributed by atoms with E-state index in [1.165, 1.54) is 0 Å². The van der Waals surface area contributed by atoms with Crippen LogP contribution in [-0.4, -0.2) is 21.9 Å². The zero-order valence-corrected chi connectivity index (χ0v) is 6.69. The van der Waals surface area contributed by atoms with Crippen LogP contribution < -0.4 is 11.5 Å². The molecule has 1 aliphatic carbocycles. The lowest BCUT2D eigenvalue weighted by molar-refractivity contribution is -0.425. The molecule has 0 unspecified atom stereocenters. The Morgan fingerprint density at radius 1 is 1.00 bits per heavy atom. The van der Waals surface area contributed by atoms with Crippen molar-refractivity contribution >= 4 is 11.6 Å². The van der Waals surface area contributed by atoms with Crippen molar-refractivity contribution < 1.29 is 25.7 Å². The molecule has 0 spiro atoms. The normalized spacial score (nSPS) is 27.5. The van der Waals surface area contributed by atoms with Gasteiger partial charge in [-0.25, -0.2) is 4.63 Å². The summed E-state index contributed by atoms with van der Waals surface area (Å²) in [5.41, 5.74) is 7.68. The summed E-state index contributed by atoms with van der Waals surface area (Å²) in [7, 11) is 0. The van der Waals surface area contributed by atoms with Gasteiger partial charge in [0.25, 0.3) is 11.6 Å². The number of carbonyl (C=O) groups is 2. The molecule has 0 bridgehead atoms. The van der Waals surface area contributed by atoms with Crippen molar-refractivity contribution in [2.24, 2.45) is 0 Å². The second-order valence-corrected chi connectivity index (χ2v) is 2.87. The average molecular weight is 184 g/mol. The molecule has 1 heterocycles. The number of nitrogens with zero attached hydrogens (tertiary/aromatic N) is 2. The first-order valence-electron chi connectivity index (χ1n) is 3.69. The van der Waals surface area contributed by atoms with E-state index in [4.69, 9.17) is 0 Å². The molecule has 13 heavy (non-hydrogen) atoms. The molecular weight excluding hydrogens is 176 g/mol. The van der Waals surface area contributed by atoms with Crippen LogP contribution in [0.3, 0.4) is 0 Å². The molecule has 6 N–H and O–H groups in total. The number of hydrogen-bond donors (Lipinski definition) is 2. The van der Waals surface area contributed by atoms with E-state index in [9.17, 15) is 9.59 Å². The molecule has 68 valence electrons. The minimum atomic E-state index is -0.799. The van der Waals surface area contributed by atoms with Crippen LogP contribution in [0.25, 0.3) is 0 Å². The number of Topliss-reactive ketones (excluding diaryl/α,β-unsaturated/α-hetero) is 2. The third-order valence-electron chi connectivity index (χ3n) is 2.08. The van der Waals surface area contributed by atoms with E-state index < -0.39 is 23.7 Å².